The molecule has 6 fully saturated rings. The number of nitrogens with zero attached hydrogens (tertiary/aromatic N) is 1. The van der Waals surface area contributed by atoms with Crippen molar-refractivity contribution in [3.05, 3.63) is 0 Å². The van der Waals surface area contributed by atoms with Crippen LogP contribution in [0.25, 0.3) is 0 Å². The number of rotatable bonds is 1. The van der Waals surface area contributed by atoms with E-state index in [-0.39, 0.29) is 0 Å². The molecule has 6 aliphatic rings. The van der Waals surface area contributed by atoms with E-state index in [1.54, 1.807) is 0 Å². The lowest BCUT2D eigenvalue weighted by atomic mass is 9.63. The number of carbonyl (C=O) groups is 1. The third-order valence-corrected chi connectivity index (χ3v) is 9.26. The summed E-state index contributed by atoms with van der Waals surface area (Å²) in [6.45, 7) is 9.42. The Bertz CT molecular complexity index is 522. The van der Waals surface area contributed by atoms with E-state index in [0.717, 1.165) is 42.7 Å². The maximum atomic E-state index is 13.4. The predicted molar refractivity (Wildman–Crippen MR) is 87.1 cm³/mol. The van der Waals surface area contributed by atoms with Gasteiger partial charge >= 0.3 is 0 Å². The molecule has 7 atom stereocenters. The zero-order valence-corrected chi connectivity index (χ0v) is 14.5. The number of hydrogen-bond donors (Lipinski definition) is 0. The molecule has 6 rings (SSSR count). The third kappa shape index (κ3) is 1.55. The summed E-state index contributed by atoms with van der Waals surface area (Å²) in [6, 6.07) is 0. The zero-order valence-electron chi connectivity index (χ0n) is 14.5. The topological polar surface area (TPSA) is 20.3 Å². The molecule has 2 nitrogen and oxygen atoms in total. The van der Waals surface area contributed by atoms with Crippen LogP contribution in [0, 0.1) is 46.3 Å². The maximum Gasteiger partial charge on any atom is 0.226 e. The van der Waals surface area contributed by atoms with E-state index in [4.69, 9.17) is 0 Å². The lowest BCUT2D eigenvalue weighted by molar-refractivity contribution is -0.147. The zero-order chi connectivity index (χ0) is 15.3. The van der Waals surface area contributed by atoms with Crippen LogP contribution < -0.4 is 0 Å². The van der Waals surface area contributed by atoms with Gasteiger partial charge in [-0.25, -0.2) is 0 Å². The van der Waals surface area contributed by atoms with Gasteiger partial charge in [-0.05, 0) is 78.9 Å². The van der Waals surface area contributed by atoms with Crippen LogP contribution in [-0.2, 0) is 4.79 Å². The van der Waals surface area contributed by atoms with Crippen molar-refractivity contribution in [2.45, 2.75) is 59.3 Å². The molecular formula is C20H31NO. The normalized spacial score (nSPS) is 54.2. The van der Waals surface area contributed by atoms with Crippen molar-refractivity contribution in [1.82, 2.24) is 4.90 Å². The first-order valence-electron chi connectivity index (χ1n) is 9.68. The van der Waals surface area contributed by atoms with Crippen molar-refractivity contribution in [3.63, 3.8) is 0 Å². The molecule has 0 aromatic rings. The fourth-order valence-corrected chi connectivity index (χ4v) is 7.52. The summed E-state index contributed by atoms with van der Waals surface area (Å²) in [6.07, 6.45) is 8.20. The summed E-state index contributed by atoms with van der Waals surface area (Å²) in [4.78, 5) is 15.7. The van der Waals surface area contributed by atoms with Crippen LogP contribution in [0.4, 0.5) is 0 Å². The Kier molecular flexibility index (Phi) is 2.59. The van der Waals surface area contributed by atoms with E-state index >= 15 is 0 Å². The molecule has 5 saturated carbocycles. The quantitative estimate of drug-likeness (QED) is 0.718. The Morgan fingerprint density at radius 2 is 1.82 bits per heavy atom. The first kappa shape index (κ1) is 13.9. The van der Waals surface area contributed by atoms with Gasteiger partial charge in [-0.2, -0.15) is 0 Å². The lowest BCUT2D eigenvalue weighted by Crippen LogP contribution is -2.56. The molecule has 6 bridgehead atoms. The molecule has 1 saturated heterocycles. The van der Waals surface area contributed by atoms with Crippen LogP contribution in [0.1, 0.15) is 59.3 Å². The Morgan fingerprint density at radius 1 is 1.05 bits per heavy atom. The second kappa shape index (κ2) is 4.11. The molecule has 0 aromatic heterocycles. The Balaban J connectivity index is 1.39. The average molecular weight is 301 g/mol. The van der Waals surface area contributed by atoms with Crippen molar-refractivity contribution >= 4 is 5.91 Å². The SMILES string of the molecule is CC1(C)[C@@H]2CC[C@]1(C)CN(C(=O)[C@H]1[C@H]3C[C@@H]4C[C@@H](C3)[C@@H]1C4)C2. The van der Waals surface area contributed by atoms with E-state index in [9.17, 15) is 4.79 Å². The van der Waals surface area contributed by atoms with Gasteiger partial charge in [-0.15, -0.1) is 0 Å². The highest BCUT2D eigenvalue weighted by Crippen LogP contribution is 2.63. The van der Waals surface area contributed by atoms with Crippen LogP contribution in [0.3, 0.4) is 0 Å². The second-order valence-electron chi connectivity index (χ2n) is 10.3. The molecule has 1 amide bonds. The van der Waals surface area contributed by atoms with E-state index < -0.39 is 0 Å². The van der Waals surface area contributed by atoms with Crippen LogP contribution >= 0.6 is 0 Å². The van der Waals surface area contributed by atoms with Gasteiger partial charge in [0.1, 0.15) is 0 Å². The maximum absolute atomic E-state index is 13.4. The standard InChI is InChI=1S/C20H31NO/c1-19(2)15-4-5-20(19,3)11-21(10-15)18(22)17-14-7-12-6-13(9-14)16(17)8-12/h12-17H,4-11H2,1-3H3/t12-,13-,14-,15+,16-,17-,20+/m0/s1. The summed E-state index contributed by atoms with van der Waals surface area (Å²) in [5, 5.41) is 0. The molecule has 0 unspecified atom stereocenters. The van der Waals surface area contributed by atoms with Gasteiger partial charge in [0.15, 0.2) is 0 Å². The van der Waals surface area contributed by atoms with Crippen molar-refractivity contribution in [2.24, 2.45) is 46.3 Å². The van der Waals surface area contributed by atoms with Crippen LogP contribution in [0.5, 0.6) is 0 Å². The van der Waals surface area contributed by atoms with Crippen LogP contribution in [0.2, 0.25) is 0 Å². The number of carbonyl (C=O) groups excluding carboxylic acids is 1. The van der Waals surface area contributed by atoms with Gasteiger partial charge in [0.25, 0.3) is 0 Å². The summed E-state index contributed by atoms with van der Waals surface area (Å²) >= 11 is 0. The smallest absolute Gasteiger partial charge is 0.226 e. The monoisotopic (exact) mass is 301 g/mol. The van der Waals surface area contributed by atoms with E-state index in [2.05, 4.69) is 25.7 Å². The molecule has 0 radical (unpaired) electrons. The highest BCUT2D eigenvalue weighted by atomic mass is 16.2. The first-order valence-corrected chi connectivity index (χ1v) is 9.68. The summed E-state index contributed by atoms with van der Waals surface area (Å²) in [5.41, 5.74) is 0.762. The summed E-state index contributed by atoms with van der Waals surface area (Å²) in [5.74, 6) is 5.09. The summed E-state index contributed by atoms with van der Waals surface area (Å²) < 4.78 is 0. The number of fused-ring (bicyclic) bond motifs is 2. The average Bonchev–Trinajstić information content (AvgIpc) is 2.88. The van der Waals surface area contributed by atoms with Gasteiger partial charge in [0.05, 0.1) is 0 Å². The molecule has 1 heterocycles. The minimum Gasteiger partial charge on any atom is -0.342 e. The largest absolute Gasteiger partial charge is 0.342 e. The molecular weight excluding hydrogens is 270 g/mol. The fraction of sp³-hybridized carbons (Fsp3) is 0.950. The van der Waals surface area contributed by atoms with Crippen molar-refractivity contribution in [3.8, 4) is 0 Å². The van der Waals surface area contributed by atoms with Gasteiger partial charge < -0.3 is 4.90 Å². The molecule has 122 valence electrons. The lowest BCUT2D eigenvalue weighted by Gasteiger charge is -2.51. The minimum absolute atomic E-state index is 0.349. The van der Waals surface area contributed by atoms with Gasteiger partial charge in [-0.3, -0.25) is 4.79 Å². The predicted octanol–water partition coefficient (Wildman–Crippen LogP) is 3.95. The molecule has 0 spiro atoms. The highest BCUT2D eigenvalue weighted by Gasteiger charge is 2.60. The van der Waals surface area contributed by atoms with Crippen molar-refractivity contribution in [2.75, 3.05) is 13.1 Å². The number of likely N-dealkylation sites (tertiary alicyclic amines) is 1. The van der Waals surface area contributed by atoms with Gasteiger partial charge in [0, 0.05) is 19.0 Å². The molecule has 0 aromatic carbocycles. The second-order valence-corrected chi connectivity index (χ2v) is 10.3. The number of hydrogen-bond acceptors (Lipinski definition) is 1. The summed E-state index contributed by atoms with van der Waals surface area (Å²) in [7, 11) is 0. The molecule has 2 heteroatoms. The molecule has 5 aliphatic carbocycles. The minimum atomic E-state index is 0.349. The number of amides is 1. The van der Waals surface area contributed by atoms with Crippen LogP contribution in [0.15, 0.2) is 0 Å². The third-order valence-electron chi connectivity index (χ3n) is 9.26. The van der Waals surface area contributed by atoms with Gasteiger partial charge in [0.2, 0.25) is 5.91 Å². The fourth-order valence-electron chi connectivity index (χ4n) is 7.52. The molecule has 1 aliphatic heterocycles. The van der Waals surface area contributed by atoms with E-state index in [0.29, 0.717) is 22.7 Å². The molecule has 0 N–H and O–H groups in total. The van der Waals surface area contributed by atoms with E-state index in [1.807, 2.05) is 0 Å². The Morgan fingerprint density at radius 3 is 2.55 bits per heavy atom. The van der Waals surface area contributed by atoms with E-state index in [1.165, 1.54) is 38.5 Å². The number of piperidine rings is 1. The van der Waals surface area contributed by atoms with Crippen LogP contribution in [-0.4, -0.2) is 23.9 Å². The van der Waals surface area contributed by atoms with Crippen molar-refractivity contribution < 1.29 is 4.79 Å². The van der Waals surface area contributed by atoms with Gasteiger partial charge in [-0.1, -0.05) is 20.8 Å². The first-order chi connectivity index (χ1) is 10.4. The highest BCUT2D eigenvalue weighted by molar-refractivity contribution is 5.80. The Hall–Kier alpha value is -0.530. The Labute approximate surface area is 135 Å². The van der Waals surface area contributed by atoms with Crippen molar-refractivity contribution in [1.29, 1.82) is 0 Å². The molecule has 22 heavy (non-hydrogen) atoms.